The summed E-state index contributed by atoms with van der Waals surface area (Å²) in [5.74, 6) is -1.69. The number of hydrogen-bond acceptors (Lipinski definition) is 3. The molecule has 0 aliphatic heterocycles. The van der Waals surface area contributed by atoms with Gasteiger partial charge in [-0.1, -0.05) is 12.1 Å². The van der Waals surface area contributed by atoms with E-state index in [0.717, 1.165) is 0 Å². The van der Waals surface area contributed by atoms with E-state index in [0.29, 0.717) is 26.2 Å². The molecule has 1 atom stereocenters. The summed E-state index contributed by atoms with van der Waals surface area (Å²) in [6.45, 7) is 2.87. The van der Waals surface area contributed by atoms with Crippen molar-refractivity contribution in [3.8, 4) is 0 Å². The van der Waals surface area contributed by atoms with Crippen LogP contribution in [-0.2, 0) is 9.47 Å². The van der Waals surface area contributed by atoms with Crippen LogP contribution in [0.5, 0.6) is 0 Å². The lowest BCUT2D eigenvalue weighted by Crippen LogP contribution is -2.16. The molecule has 0 fully saturated rings. The topological polar surface area (TPSA) is 44.5 Å². The van der Waals surface area contributed by atoms with Crippen molar-refractivity contribution >= 4 is 0 Å². The number of rotatable bonds is 7. The fraction of sp³-hybridized carbons (Fsp3) is 0.538. The molecule has 0 aromatic heterocycles. The van der Waals surface area contributed by atoms with Gasteiger partial charge in [0.15, 0.2) is 11.6 Å². The first kappa shape index (κ1) is 15.0. The third-order valence-electron chi connectivity index (χ3n) is 2.71. The number of nitrogens with two attached hydrogens (primary N) is 1. The minimum Gasteiger partial charge on any atom is -0.382 e. The zero-order valence-electron chi connectivity index (χ0n) is 10.7. The Morgan fingerprint density at radius 2 is 1.89 bits per heavy atom. The average Bonchev–Trinajstić information content (AvgIpc) is 2.35. The van der Waals surface area contributed by atoms with Crippen LogP contribution in [0.1, 0.15) is 23.6 Å². The van der Waals surface area contributed by atoms with Crippen molar-refractivity contribution < 1.29 is 18.3 Å². The van der Waals surface area contributed by atoms with Crippen LogP contribution in [0.15, 0.2) is 12.1 Å². The van der Waals surface area contributed by atoms with Gasteiger partial charge in [-0.25, -0.2) is 8.78 Å². The molecule has 0 amide bonds. The number of halogens is 2. The molecule has 0 bridgehead atoms. The molecule has 0 heterocycles. The Labute approximate surface area is 106 Å². The van der Waals surface area contributed by atoms with Gasteiger partial charge in [-0.15, -0.1) is 0 Å². The molecule has 5 heteroatoms. The van der Waals surface area contributed by atoms with Crippen molar-refractivity contribution in [3.05, 3.63) is 34.9 Å². The summed E-state index contributed by atoms with van der Waals surface area (Å²) in [5.41, 5.74) is 6.28. The maximum absolute atomic E-state index is 13.6. The molecule has 1 rings (SSSR count). The second-order valence-corrected chi connectivity index (χ2v) is 4.10. The molecule has 1 aromatic rings. The molecular formula is C13H19F2NO2. The summed E-state index contributed by atoms with van der Waals surface area (Å²) in [6.07, 6.45) is 0.434. The van der Waals surface area contributed by atoms with Crippen LogP contribution >= 0.6 is 0 Å². The Balaban J connectivity index is 2.51. The maximum atomic E-state index is 13.6. The predicted molar refractivity (Wildman–Crippen MR) is 65.3 cm³/mol. The van der Waals surface area contributed by atoms with E-state index in [1.165, 1.54) is 19.1 Å². The van der Waals surface area contributed by atoms with E-state index < -0.39 is 17.7 Å². The molecule has 0 aliphatic carbocycles. The molecule has 102 valence electrons. The molecule has 0 radical (unpaired) electrons. The quantitative estimate of drug-likeness (QED) is 0.764. The molecule has 0 saturated heterocycles. The van der Waals surface area contributed by atoms with E-state index in [-0.39, 0.29) is 11.1 Å². The van der Waals surface area contributed by atoms with Crippen LogP contribution in [-0.4, -0.2) is 26.9 Å². The van der Waals surface area contributed by atoms with Gasteiger partial charge in [-0.3, -0.25) is 0 Å². The third kappa shape index (κ3) is 4.01. The van der Waals surface area contributed by atoms with Gasteiger partial charge in [0.05, 0.1) is 13.2 Å². The number of methoxy groups -OCH3 is 1. The zero-order chi connectivity index (χ0) is 13.5. The molecule has 0 saturated carbocycles. The van der Waals surface area contributed by atoms with E-state index in [1.54, 1.807) is 7.11 Å². The van der Waals surface area contributed by atoms with E-state index in [4.69, 9.17) is 15.2 Å². The SMILES string of the molecule is COCCOCCC(N)c1ccc(C)c(F)c1F. The number of ether oxygens (including phenoxy) is 2. The van der Waals surface area contributed by atoms with Gasteiger partial charge in [0.2, 0.25) is 0 Å². The predicted octanol–water partition coefficient (Wildman–Crippen LogP) is 2.33. The summed E-state index contributed by atoms with van der Waals surface area (Å²) in [6, 6.07) is 2.48. The largest absolute Gasteiger partial charge is 0.382 e. The molecule has 1 unspecified atom stereocenters. The molecular weight excluding hydrogens is 240 g/mol. The van der Waals surface area contributed by atoms with Crippen molar-refractivity contribution in [2.75, 3.05) is 26.9 Å². The minimum atomic E-state index is -0.862. The van der Waals surface area contributed by atoms with Crippen LogP contribution in [0.2, 0.25) is 0 Å². The van der Waals surface area contributed by atoms with E-state index in [1.807, 2.05) is 0 Å². The second kappa shape index (κ2) is 7.41. The van der Waals surface area contributed by atoms with Gasteiger partial charge >= 0.3 is 0 Å². The number of hydrogen-bond donors (Lipinski definition) is 1. The molecule has 3 nitrogen and oxygen atoms in total. The monoisotopic (exact) mass is 259 g/mol. The molecule has 1 aromatic carbocycles. The first-order chi connectivity index (χ1) is 8.57. The lowest BCUT2D eigenvalue weighted by atomic mass is 10.0. The lowest BCUT2D eigenvalue weighted by Gasteiger charge is -2.14. The normalized spacial score (nSPS) is 12.7. The summed E-state index contributed by atoms with van der Waals surface area (Å²) in [5, 5.41) is 0. The van der Waals surface area contributed by atoms with Crippen molar-refractivity contribution in [2.45, 2.75) is 19.4 Å². The Kier molecular flexibility index (Phi) is 6.18. The van der Waals surface area contributed by atoms with Gasteiger partial charge in [0.1, 0.15) is 0 Å². The van der Waals surface area contributed by atoms with Gasteiger partial charge in [0, 0.05) is 25.3 Å². The van der Waals surface area contributed by atoms with Gasteiger partial charge in [-0.05, 0) is 18.9 Å². The van der Waals surface area contributed by atoms with E-state index in [9.17, 15) is 8.78 Å². The standard InChI is InChI=1S/C13H19F2NO2/c1-9-3-4-10(13(15)12(9)14)11(16)5-6-18-8-7-17-2/h3-4,11H,5-8,16H2,1-2H3. The highest BCUT2D eigenvalue weighted by atomic mass is 19.2. The van der Waals surface area contributed by atoms with Crippen LogP contribution in [0.4, 0.5) is 8.78 Å². The zero-order valence-corrected chi connectivity index (χ0v) is 10.7. The summed E-state index contributed by atoms with van der Waals surface area (Å²) in [7, 11) is 1.58. The second-order valence-electron chi connectivity index (χ2n) is 4.10. The number of aryl methyl sites for hydroxylation is 1. The first-order valence-electron chi connectivity index (χ1n) is 5.84. The number of benzene rings is 1. The molecule has 18 heavy (non-hydrogen) atoms. The highest BCUT2D eigenvalue weighted by Gasteiger charge is 2.16. The highest BCUT2D eigenvalue weighted by molar-refractivity contribution is 5.27. The van der Waals surface area contributed by atoms with Crippen LogP contribution in [0, 0.1) is 18.6 Å². The Hall–Kier alpha value is -1.04. The molecule has 2 N–H and O–H groups in total. The molecule has 0 aliphatic rings. The van der Waals surface area contributed by atoms with E-state index >= 15 is 0 Å². The highest BCUT2D eigenvalue weighted by Crippen LogP contribution is 2.22. The maximum Gasteiger partial charge on any atom is 0.163 e. The van der Waals surface area contributed by atoms with Crippen molar-refractivity contribution in [1.82, 2.24) is 0 Å². The summed E-state index contributed by atoms with van der Waals surface area (Å²) in [4.78, 5) is 0. The van der Waals surface area contributed by atoms with Crippen molar-refractivity contribution in [2.24, 2.45) is 5.73 Å². The Bertz CT molecular complexity index is 385. The minimum absolute atomic E-state index is 0.188. The summed E-state index contributed by atoms with van der Waals surface area (Å²) < 4.78 is 37.0. The van der Waals surface area contributed by atoms with Crippen LogP contribution < -0.4 is 5.73 Å². The average molecular weight is 259 g/mol. The Morgan fingerprint density at radius 3 is 2.56 bits per heavy atom. The van der Waals surface area contributed by atoms with Gasteiger partial charge < -0.3 is 15.2 Å². The third-order valence-corrected chi connectivity index (χ3v) is 2.71. The van der Waals surface area contributed by atoms with Crippen LogP contribution in [0.25, 0.3) is 0 Å². The van der Waals surface area contributed by atoms with Crippen molar-refractivity contribution in [1.29, 1.82) is 0 Å². The van der Waals surface area contributed by atoms with Crippen molar-refractivity contribution in [3.63, 3.8) is 0 Å². The van der Waals surface area contributed by atoms with Gasteiger partial charge in [0.25, 0.3) is 0 Å². The lowest BCUT2D eigenvalue weighted by molar-refractivity contribution is 0.0670. The van der Waals surface area contributed by atoms with E-state index in [2.05, 4.69) is 0 Å². The fourth-order valence-electron chi connectivity index (χ4n) is 1.56. The molecule has 0 spiro atoms. The summed E-state index contributed by atoms with van der Waals surface area (Å²) >= 11 is 0. The fourth-order valence-corrected chi connectivity index (χ4v) is 1.56. The van der Waals surface area contributed by atoms with Gasteiger partial charge in [-0.2, -0.15) is 0 Å². The Morgan fingerprint density at radius 1 is 1.17 bits per heavy atom. The van der Waals surface area contributed by atoms with Crippen LogP contribution in [0.3, 0.4) is 0 Å². The first-order valence-corrected chi connectivity index (χ1v) is 5.84. The smallest absolute Gasteiger partial charge is 0.163 e.